The number of carbonyl (C=O) groups is 1. The molecule has 1 amide bonds. The number of ether oxygens (including phenoxy) is 2. The van der Waals surface area contributed by atoms with Gasteiger partial charge in [-0.3, -0.25) is 4.79 Å². The van der Waals surface area contributed by atoms with Gasteiger partial charge in [0, 0.05) is 12.4 Å². The normalized spacial score (nSPS) is 18.9. The molecule has 7 nitrogen and oxygen atoms in total. The van der Waals surface area contributed by atoms with Crippen molar-refractivity contribution < 1.29 is 14.3 Å². The van der Waals surface area contributed by atoms with E-state index in [2.05, 4.69) is 32.2 Å². The molecule has 1 aliphatic carbocycles. The zero-order valence-corrected chi connectivity index (χ0v) is 21.6. The molecule has 3 aromatic rings. The van der Waals surface area contributed by atoms with Gasteiger partial charge in [-0.15, -0.1) is 10.2 Å². The molecule has 1 aliphatic heterocycles. The summed E-state index contributed by atoms with van der Waals surface area (Å²) in [7, 11) is 1.66. The predicted octanol–water partition coefficient (Wildman–Crippen LogP) is 4.73. The number of methoxy groups -OCH3 is 1. The molecule has 1 N–H and O–H groups in total. The molecular weight excluding hydrogens is 472 g/mol. The van der Waals surface area contributed by atoms with E-state index in [0.29, 0.717) is 13.1 Å². The van der Waals surface area contributed by atoms with Crippen LogP contribution in [0.3, 0.4) is 0 Å². The molecule has 8 heteroatoms. The maximum atomic E-state index is 13.7. The Balaban J connectivity index is 1.33. The quantitative estimate of drug-likeness (QED) is 0.401. The fraction of sp³-hybridized carbons (Fsp3) is 0.464. The van der Waals surface area contributed by atoms with Crippen molar-refractivity contribution in [1.29, 1.82) is 0 Å². The number of amides is 1. The van der Waals surface area contributed by atoms with Crippen LogP contribution in [0.1, 0.15) is 55.5 Å². The first-order valence-corrected chi connectivity index (χ1v) is 13.8. The van der Waals surface area contributed by atoms with E-state index in [0.717, 1.165) is 73.2 Å². The zero-order valence-electron chi connectivity index (χ0n) is 20.8. The van der Waals surface area contributed by atoms with E-state index in [1.54, 1.807) is 18.9 Å². The van der Waals surface area contributed by atoms with E-state index in [-0.39, 0.29) is 12.0 Å². The summed E-state index contributed by atoms with van der Waals surface area (Å²) in [6.07, 6.45) is 6.29. The van der Waals surface area contributed by atoms with Gasteiger partial charge in [0.25, 0.3) is 0 Å². The van der Waals surface area contributed by atoms with E-state index in [9.17, 15) is 4.79 Å². The summed E-state index contributed by atoms with van der Waals surface area (Å²) in [5.41, 5.74) is 1.72. The van der Waals surface area contributed by atoms with E-state index in [4.69, 9.17) is 9.47 Å². The minimum absolute atomic E-state index is 0.0630. The third-order valence-corrected chi connectivity index (χ3v) is 8.44. The molecule has 2 heterocycles. The smallest absolute Gasteiger partial charge is 0.231 e. The molecule has 2 aliphatic rings. The molecule has 1 saturated heterocycles. The van der Waals surface area contributed by atoms with Crippen molar-refractivity contribution in [3.8, 4) is 5.75 Å². The van der Waals surface area contributed by atoms with E-state index >= 15 is 0 Å². The lowest BCUT2D eigenvalue weighted by Gasteiger charge is -2.28. The van der Waals surface area contributed by atoms with Crippen LogP contribution >= 0.6 is 11.8 Å². The first-order valence-electron chi connectivity index (χ1n) is 12.8. The van der Waals surface area contributed by atoms with Gasteiger partial charge in [-0.25, -0.2) is 0 Å². The van der Waals surface area contributed by atoms with Crippen LogP contribution in [0.2, 0.25) is 0 Å². The van der Waals surface area contributed by atoms with Crippen molar-refractivity contribution >= 4 is 17.7 Å². The fourth-order valence-electron chi connectivity index (χ4n) is 5.29. The SMILES string of the molecule is COc1ccc(C2(C(=O)NCc3nnc(SCC4CCCO4)n3Cc3ccccc3)CCCC2)cc1. The Morgan fingerprint density at radius 1 is 1.11 bits per heavy atom. The van der Waals surface area contributed by atoms with Crippen LogP contribution in [0.25, 0.3) is 0 Å². The summed E-state index contributed by atoms with van der Waals surface area (Å²) in [5.74, 6) is 2.49. The number of nitrogens with one attached hydrogen (secondary N) is 1. The molecule has 190 valence electrons. The van der Waals surface area contributed by atoms with Crippen LogP contribution in [-0.2, 0) is 28.0 Å². The van der Waals surface area contributed by atoms with Gasteiger partial charge >= 0.3 is 0 Å². The van der Waals surface area contributed by atoms with Crippen LogP contribution in [-0.4, -0.2) is 46.2 Å². The molecule has 1 unspecified atom stereocenters. The molecular formula is C28H34N4O3S. The van der Waals surface area contributed by atoms with Crippen LogP contribution in [0.15, 0.2) is 59.8 Å². The van der Waals surface area contributed by atoms with Crippen molar-refractivity contribution in [2.45, 2.75) is 68.3 Å². The minimum atomic E-state index is -0.506. The fourth-order valence-corrected chi connectivity index (χ4v) is 6.31. The average molecular weight is 507 g/mol. The van der Waals surface area contributed by atoms with Crippen LogP contribution < -0.4 is 10.1 Å². The van der Waals surface area contributed by atoms with Crippen LogP contribution in [0, 0.1) is 0 Å². The molecule has 0 bridgehead atoms. The molecule has 2 fully saturated rings. The number of carbonyl (C=O) groups excluding carboxylic acids is 1. The highest BCUT2D eigenvalue weighted by atomic mass is 32.2. The molecule has 0 radical (unpaired) electrons. The Morgan fingerprint density at radius 2 is 1.89 bits per heavy atom. The first kappa shape index (κ1) is 24.8. The van der Waals surface area contributed by atoms with Crippen molar-refractivity contribution in [3.05, 3.63) is 71.5 Å². The summed E-state index contributed by atoms with van der Waals surface area (Å²) in [6, 6.07) is 18.3. The molecule has 1 aromatic heterocycles. The lowest BCUT2D eigenvalue weighted by Crippen LogP contribution is -2.42. The van der Waals surface area contributed by atoms with Gasteiger partial charge in [-0.1, -0.05) is 67.1 Å². The Hall–Kier alpha value is -2.84. The Kier molecular flexibility index (Phi) is 7.92. The standard InChI is InChI=1S/C28H34N4O3S/c1-34-23-13-11-22(12-14-23)28(15-5-6-16-28)26(33)29-18-25-30-31-27(36-20-24-10-7-17-35-24)32(25)19-21-8-3-2-4-9-21/h2-4,8-9,11-14,24H,5-7,10,15-20H2,1H3,(H,29,33). The Bertz CT molecular complexity index is 1140. The number of benzene rings is 2. The number of rotatable bonds is 10. The second kappa shape index (κ2) is 11.5. The van der Waals surface area contributed by atoms with Crippen molar-refractivity contribution in [3.63, 3.8) is 0 Å². The number of aromatic nitrogens is 3. The van der Waals surface area contributed by atoms with Gasteiger partial charge in [-0.2, -0.15) is 0 Å². The van der Waals surface area contributed by atoms with Crippen LogP contribution in [0.4, 0.5) is 0 Å². The maximum Gasteiger partial charge on any atom is 0.231 e. The minimum Gasteiger partial charge on any atom is -0.497 e. The van der Waals surface area contributed by atoms with Gasteiger partial charge < -0.3 is 19.4 Å². The molecule has 5 rings (SSSR count). The van der Waals surface area contributed by atoms with Gasteiger partial charge in [0.05, 0.1) is 31.7 Å². The number of nitrogens with zero attached hydrogens (tertiary/aromatic N) is 3. The molecule has 2 aromatic carbocycles. The summed E-state index contributed by atoms with van der Waals surface area (Å²) in [4.78, 5) is 13.7. The van der Waals surface area contributed by atoms with Crippen LogP contribution in [0.5, 0.6) is 5.75 Å². The Morgan fingerprint density at radius 3 is 2.58 bits per heavy atom. The zero-order chi connectivity index (χ0) is 24.8. The average Bonchev–Trinajstić information content (AvgIpc) is 3.69. The van der Waals surface area contributed by atoms with Gasteiger partial charge in [0.2, 0.25) is 5.91 Å². The topological polar surface area (TPSA) is 78.3 Å². The second-order valence-corrected chi connectivity index (χ2v) is 10.6. The predicted molar refractivity (Wildman–Crippen MR) is 140 cm³/mol. The summed E-state index contributed by atoms with van der Waals surface area (Å²) < 4.78 is 13.2. The first-order chi connectivity index (χ1) is 17.7. The highest BCUT2D eigenvalue weighted by Crippen LogP contribution is 2.42. The third-order valence-electron chi connectivity index (χ3n) is 7.34. The monoisotopic (exact) mass is 506 g/mol. The highest BCUT2D eigenvalue weighted by Gasteiger charge is 2.42. The van der Waals surface area contributed by atoms with Gasteiger partial charge in [-0.05, 0) is 48.9 Å². The molecule has 36 heavy (non-hydrogen) atoms. The van der Waals surface area contributed by atoms with Crippen molar-refractivity contribution in [2.24, 2.45) is 0 Å². The Labute approximate surface area is 217 Å². The lowest BCUT2D eigenvalue weighted by atomic mass is 9.78. The van der Waals surface area contributed by atoms with E-state index < -0.39 is 5.41 Å². The van der Waals surface area contributed by atoms with Gasteiger partial charge in [0.1, 0.15) is 5.75 Å². The lowest BCUT2D eigenvalue weighted by molar-refractivity contribution is -0.126. The third kappa shape index (κ3) is 5.44. The van der Waals surface area contributed by atoms with Crippen molar-refractivity contribution in [1.82, 2.24) is 20.1 Å². The summed E-state index contributed by atoms with van der Waals surface area (Å²) >= 11 is 1.68. The maximum absolute atomic E-state index is 13.7. The highest BCUT2D eigenvalue weighted by molar-refractivity contribution is 7.99. The van der Waals surface area contributed by atoms with Gasteiger partial charge in [0.15, 0.2) is 11.0 Å². The second-order valence-electron chi connectivity index (χ2n) is 9.62. The summed E-state index contributed by atoms with van der Waals surface area (Å²) in [5, 5.41) is 13.1. The van der Waals surface area contributed by atoms with E-state index in [1.165, 1.54) is 5.56 Å². The molecule has 0 spiro atoms. The van der Waals surface area contributed by atoms with E-state index in [1.807, 2.05) is 42.5 Å². The number of thioether (sulfide) groups is 1. The van der Waals surface area contributed by atoms with Crippen molar-refractivity contribution in [2.75, 3.05) is 19.5 Å². The molecule has 1 saturated carbocycles. The largest absolute Gasteiger partial charge is 0.497 e. The number of hydrogen-bond donors (Lipinski definition) is 1. The molecule has 1 atom stereocenters. The number of hydrogen-bond acceptors (Lipinski definition) is 6. The summed E-state index contributed by atoms with van der Waals surface area (Å²) in [6.45, 7) is 1.85.